The quantitative estimate of drug-likeness (QED) is 0.728. The van der Waals surface area contributed by atoms with Crippen LogP contribution >= 0.6 is 11.6 Å². The van der Waals surface area contributed by atoms with E-state index in [0.29, 0.717) is 16.7 Å². The van der Waals surface area contributed by atoms with Gasteiger partial charge in [0.15, 0.2) is 0 Å². The van der Waals surface area contributed by atoms with E-state index >= 15 is 0 Å². The lowest BCUT2D eigenvalue weighted by Gasteiger charge is -2.09. The van der Waals surface area contributed by atoms with Crippen LogP contribution in [0.4, 0.5) is 16.4 Å². The zero-order valence-electron chi connectivity index (χ0n) is 13.8. The predicted molar refractivity (Wildman–Crippen MR) is 99.3 cm³/mol. The molecule has 7 heteroatoms. The van der Waals surface area contributed by atoms with Crippen molar-refractivity contribution in [3.8, 4) is 17.0 Å². The minimum absolute atomic E-state index is 0.391. The lowest BCUT2D eigenvalue weighted by atomic mass is 10.1. The van der Waals surface area contributed by atoms with Gasteiger partial charge in [0.1, 0.15) is 5.75 Å². The summed E-state index contributed by atoms with van der Waals surface area (Å²) in [4.78, 5) is 16.4. The Balaban J connectivity index is 1.73. The molecule has 0 spiro atoms. The molecule has 1 aromatic heterocycles. The van der Waals surface area contributed by atoms with Crippen molar-refractivity contribution in [1.82, 2.24) is 9.55 Å². The van der Waals surface area contributed by atoms with Crippen LogP contribution in [0.1, 0.15) is 0 Å². The number of carbonyl (C=O) groups excluding carboxylic acids is 1. The lowest BCUT2D eigenvalue weighted by molar-refractivity contribution is 0.262. The summed E-state index contributed by atoms with van der Waals surface area (Å²) >= 11 is 5.91. The number of aromatic nitrogens is 2. The van der Waals surface area contributed by atoms with E-state index in [1.165, 1.54) is 0 Å². The molecule has 3 aromatic rings. The average Bonchev–Trinajstić information content (AvgIpc) is 2.95. The normalized spacial score (nSPS) is 10.4. The topological polar surface area (TPSA) is 68.2 Å². The standard InChI is InChI=1S/C18H17ClN4O2/c1-23-16(12-6-8-15(25-2)9-7-12)11-20-17(23)22-18(24)21-14-5-3-4-13(19)10-14/h3-11H,1-2H3,(H2,20,21,22,24). The number of methoxy groups -OCH3 is 1. The van der Waals surface area contributed by atoms with Crippen LogP contribution in [0, 0.1) is 0 Å². The van der Waals surface area contributed by atoms with Crippen molar-refractivity contribution >= 4 is 29.3 Å². The molecule has 0 bridgehead atoms. The molecule has 2 aromatic carbocycles. The van der Waals surface area contributed by atoms with Gasteiger partial charge in [-0.2, -0.15) is 0 Å². The number of amides is 2. The van der Waals surface area contributed by atoms with Crippen molar-refractivity contribution in [1.29, 1.82) is 0 Å². The van der Waals surface area contributed by atoms with E-state index in [-0.39, 0.29) is 0 Å². The maximum Gasteiger partial charge on any atom is 0.326 e. The highest BCUT2D eigenvalue weighted by atomic mass is 35.5. The van der Waals surface area contributed by atoms with Crippen LogP contribution in [-0.4, -0.2) is 22.7 Å². The first-order valence-electron chi connectivity index (χ1n) is 7.56. The third kappa shape index (κ3) is 3.92. The van der Waals surface area contributed by atoms with Gasteiger partial charge in [-0.3, -0.25) is 5.32 Å². The van der Waals surface area contributed by atoms with Crippen LogP contribution in [0.25, 0.3) is 11.3 Å². The summed E-state index contributed by atoms with van der Waals surface area (Å²) in [6.45, 7) is 0. The number of halogens is 1. The average molecular weight is 357 g/mol. The number of nitrogens with one attached hydrogen (secondary N) is 2. The second-order valence-corrected chi connectivity index (χ2v) is 5.78. The van der Waals surface area contributed by atoms with Gasteiger partial charge in [0, 0.05) is 23.3 Å². The maximum atomic E-state index is 12.1. The number of nitrogens with zero attached hydrogens (tertiary/aromatic N) is 2. The second kappa shape index (κ2) is 7.27. The SMILES string of the molecule is COc1ccc(-c2cnc(NC(=O)Nc3cccc(Cl)c3)n2C)cc1. The number of anilines is 2. The second-order valence-electron chi connectivity index (χ2n) is 5.34. The molecular formula is C18H17ClN4O2. The molecule has 0 saturated heterocycles. The Bertz CT molecular complexity index is 890. The molecule has 0 unspecified atom stereocenters. The smallest absolute Gasteiger partial charge is 0.326 e. The third-order valence-corrected chi connectivity index (χ3v) is 3.92. The molecule has 128 valence electrons. The number of hydrogen-bond acceptors (Lipinski definition) is 3. The van der Waals surface area contributed by atoms with Crippen LogP contribution in [0.15, 0.2) is 54.7 Å². The Morgan fingerprint density at radius 2 is 1.92 bits per heavy atom. The molecule has 3 rings (SSSR count). The minimum Gasteiger partial charge on any atom is -0.497 e. The fraction of sp³-hybridized carbons (Fsp3) is 0.111. The van der Waals surface area contributed by atoms with Gasteiger partial charge in [-0.1, -0.05) is 17.7 Å². The highest BCUT2D eigenvalue weighted by molar-refractivity contribution is 6.30. The molecule has 0 aliphatic rings. The summed E-state index contributed by atoms with van der Waals surface area (Å²) < 4.78 is 6.97. The Hall–Kier alpha value is -2.99. The molecule has 0 fully saturated rings. The van der Waals surface area contributed by atoms with Crippen molar-refractivity contribution in [2.24, 2.45) is 7.05 Å². The van der Waals surface area contributed by atoms with Gasteiger partial charge < -0.3 is 14.6 Å². The Morgan fingerprint density at radius 1 is 1.16 bits per heavy atom. The number of ether oxygens (including phenoxy) is 1. The van der Waals surface area contributed by atoms with Crippen LogP contribution in [0.5, 0.6) is 5.75 Å². The molecule has 0 aliphatic carbocycles. The Kier molecular flexibility index (Phi) is 4.90. The van der Waals surface area contributed by atoms with E-state index in [2.05, 4.69) is 15.6 Å². The monoisotopic (exact) mass is 356 g/mol. The van der Waals surface area contributed by atoms with Gasteiger partial charge in [-0.25, -0.2) is 9.78 Å². The van der Waals surface area contributed by atoms with Crippen molar-refractivity contribution in [3.05, 3.63) is 59.8 Å². The molecule has 0 saturated carbocycles. The van der Waals surface area contributed by atoms with E-state index in [1.54, 1.807) is 42.1 Å². The fourth-order valence-electron chi connectivity index (χ4n) is 2.39. The molecule has 0 aliphatic heterocycles. The summed E-state index contributed by atoms with van der Waals surface area (Å²) in [5.74, 6) is 1.22. The first-order valence-corrected chi connectivity index (χ1v) is 7.94. The molecule has 2 N–H and O–H groups in total. The molecule has 0 radical (unpaired) electrons. The van der Waals surface area contributed by atoms with E-state index < -0.39 is 6.03 Å². The number of hydrogen-bond donors (Lipinski definition) is 2. The molecule has 2 amide bonds. The van der Waals surface area contributed by atoms with E-state index in [1.807, 2.05) is 31.3 Å². The number of imidazole rings is 1. The first kappa shape index (κ1) is 16.9. The van der Waals surface area contributed by atoms with E-state index in [4.69, 9.17) is 16.3 Å². The zero-order chi connectivity index (χ0) is 17.8. The molecule has 6 nitrogen and oxygen atoms in total. The first-order chi connectivity index (χ1) is 12.1. The predicted octanol–water partition coefficient (Wildman–Crippen LogP) is 4.39. The molecule has 1 heterocycles. The van der Waals surface area contributed by atoms with Gasteiger partial charge in [0.05, 0.1) is 19.0 Å². The highest BCUT2D eigenvalue weighted by Gasteiger charge is 2.11. The van der Waals surface area contributed by atoms with Gasteiger partial charge in [-0.05, 0) is 42.5 Å². The van der Waals surface area contributed by atoms with Crippen molar-refractivity contribution in [2.75, 3.05) is 17.7 Å². The Morgan fingerprint density at radius 3 is 2.60 bits per heavy atom. The van der Waals surface area contributed by atoms with Crippen molar-refractivity contribution in [3.63, 3.8) is 0 Å². The number of carbonyl (C=O) groups is 1. The van der Waals surface area contributed by atoms with E-state index in [9.17, 15) is 4.79 Å². The minimum atomic E-state index is -0.391. The fourth-order valence-corrected chi connectivity index (χ4v) is 2.58. The Labute approximate surface area is 150 Å². The van der Waals surface area contributed by atoms with Crippen LogP contribution in [0.3, 0.4) is 0 Å². The number of rotatable bonds is 4. The van der Waals surface area contributed by atoms with E-state index in [0.717, 1.165) is 17.0 Å². The summed E-state index contributed by atoms with van der Waals surface area (Å²) in [5.41, 5.74) is 2.45. The molecule has 0 atom stereocenters. The van der Waals surface area contributed by atoms with Crippen LogP contribution < -0.4 is 15.4 Å². The van der Waals surface area contributed by atoms with Crippen molar-refractivity contribution < 1.29 is 9.53 Å². The van der Waals surface area contributed by atoms with Gasteiger partial charge >= 0.3 is 6.03 Å². The maximum absolute atomic E-state index is 12.1. The molecule has 25 heavy (non-hydrogen) atoms. The van der Waals surface area contributed by atoms with Crippen molar-refractivity contribution in [2.45, 2.75) is 0 Å². The van der Waals surface area contributed by atoms with Crippen LogP contribution in [0.2, 0.25) is 5.02 Å². The summed E-state index contributed by atoms with van der Waals surface area (Å²) in [6.07, 6.45) is 1.71. The summed E-state index contributed by atoms with van der Waals surface area (Å²) in [7, 11) is 3.46. The van der Waals surface area contributed by atoms with Crippen LogP contribution in [-0.2, 0) is 7.05 Å². The molecular weight excluding hydrogens is 340 g/mol. The number of urea groups is 1. The van der Waals surface area contributed by atoms with Gasteiger partial charge in [0.25, 0.3) is 0 Å². The summed E-state index contributed by atoms with van der Waals surface area (Å²) in [6, 6.07) is 14.2. The highest BCUT2D eigenvalue weighted by Crippen LogP contribution is 2.24. The largest absolute Gasteiger partial charge is 0.497 e. The van der Waals surface area contributed by atoms with Gasteiger partial charge in [0.2, 0.25) is 5.95 Å². The lowest BCUT2D eigenvalue weighted by Crippen LogP contribution is -2.21. The number of benzene rings is 2. The zero-order valence-corrected chi connectivity index (χ0v) is 14.5. The summed E-state index contributed by atoms with van der Waals surface area (Å²) in [5, 5.41) is 6.00. The third-order valence-electron chi connectivity index (χ3n) is 3.68. The van der Waals surface area contributed by atoms with Gasteiger partial charge in [-0.15, -0.1) is 0 Å².